The number of fused-ring (bicyclic) bond motifs is 1. The van der Waals surface area contributed by atoms with Crippen LogP contribution in [0.3, 0.4) is 0 Å². The highest BCUT2D eigenvalue weighted by atomic mass is 16.2. The summed E-state index contributed by atoms with van der Waals surface area (Å²) in [7, 11) is 0. The molecule has 1 aliphatic carbocycles. The lowest BCUT2D eigenvalue weighted by molar-refractivity contribution is 0.111. The second kappa shape index (κ2) is 7.95. The van der Waals surface area contributed by atoms with E-state index in [1.165, 1.54) is 11.1 Å². The van der Waals surface area contributed by atoms with Crippen molar-refractivity contribution in [3.8, 4) is 0 Å². The Labute approximate surface area is 167 Å². The molecule has 1 aromatic carbocycles. The van der Waals surface area contributed by atoms with E-state index in [1.807, 2.05) is 16.5 Å². The maximum atomic E-state index is 12.6. The fraction of sp³-hybridized carbons (Fsp3) is 0.545. The van der Waals surface area contributed by atoms with Crippen LogP contribution in [0.2, 0.25) is 0 Å². The molecule has 1 fully saturated rings. The fourth-order valence-corrected chi connectivity index (χ4v) is 4.66. The quantitative estimate of drug-likeness (QED) is 0.885. The van der Waals surface area contributed by atoms with Gasteiger partial charge < -0.3 is 10.2 Å². The summed E-state index contributed by atoms with van der Waals surface area (Å²) in [5, 5.41) is 7.64. The van der Waals surface area contributed by atoms with E-state index in [9.17, 15) is 4.79 Å². The Morgan fingerprint density at radius 1 is 1.11 bits per heavy atom. The predicted octanol–water partition coefficient (Wildman–Crippen LogP) is 2.51. The third kappa shape index (κ3) is 3.65. The normalized spacial score (nSPS) is 17.8. The van der Waals surface area contributed by atoms with Gasteiger partial charge in [-0.2, -0.15) is 5.10 Å². The first-order valence-electron chi connectivity index (χ1n) is 10.4. The highest BCUT2D eigenvalue weighted by Crippen LogP contribution is 2.26. The molecule has 6 nitrogen and oxygen atoms in total. The summed E-state index contributed by atoms with van der Waals surface area (Å²) in [6, 6.07) is 9.41. The Morgan fingerprint density at radius 2 is 1.75 bits per heavy atom. The van der Waals surface area contributed by atoms with Gasteiger partial charge in [0.25, 0.3) is 0 Å². The third-order valence-electron chi connectivity index (χ3n) is 6.39. The first-order valence-corrected chi connectivity index (χ1v) is 10.4. The van der Waals surface area contributed by atoms with Crippen molar-refractivity contribution < 1.29 is 4.79 Å². The first kappa shape index (κ1) is 19.0. The highest BCUT2D eigenvalue weighted by molar-refractivity contribution is 5.74. The number of aryl methyl sites for hydroxylation is 2. The monoisotopic (exact) mass is 381 g/mol. The molecule has 28 heavy (non-hydrogen) atoms. The zero-order chi connectivity index (χ0) is 19.7. The molecule has 1 saturated heterocycles. The summed E-state index contributed by atoms with van der Waals surface area (Å²) in [6.07, 6.45) is 2.28. The van der Waals surface area contributed by atoms with Gasteiger partial charge in [0.05, 0.1) is 5.69 Å². The third-order valence-corrected chi connectivity index (χ3v) is 6.39. The molecule has 2 aliphatic rings. The van der Waals surface area contributed by atoms with Crippen molar-refractivity contribution in [1.29, 1.82) is 0 Å². The van der Waals surface area contributed by atoms with Gasteiger partial charge in [0.15, 0.2) is 0 Å². The topological polar surface area (TPSA) is 53.4 Å². The van der Waals surface area contributed by atoms with Gasteiger partial charge in [0.2, 0.25) is 0 Å². The van der Waals surface area contributed by atoms with E-state index in [1.54, 1.807) is 0 Å². The van der Waals surface area contributed by atoms with Crippen molar-refractivity contribution in [1.82, 2.24) is 24.9 Å². The molecule has 0 bridgehead atoms. The number of hydrogen-bond donors (Lipinski definition) is 1. The smallest absolute Gasteiger partial charge is 0.317 e. The SMILES string of the molecule is CCn1nc(C)c(CNC(=O)N2CCN(C3Cc4ccccc4C3)CC2)c1C. The Kier molecular flexibility index (Phi) is 5.40. The number of carbonyl (C=O) groups excluding carboxylic acids is 1. The molecule has 2 aromatic rings. The van der Waals surface area contributed by atoms with Gasteiger partial charge >= 0.3 is 6.03 Å². The van der Waals surface area contributed by atoms with Crippen LogP contribution >= 0.6 is 0 Å². The highest BCUT2D eigenvalue weighted by Gasteiger charge is 2.30. The van der Waals surface area contributed by atoms with Crippen molar-refractivity contribution in [3.05, 3.63) is 52.3 Å². The van der Waals surface area contributed by atoms with E-state index < -0.39 is 0 Å². The number of carbonyl (C=O) groups is 1. The van der Waals surface area contributed by atoms with E-state index in [0.717, 1.165) is 62.5 Å². The van der Waals surface area contributed by atoms with Crippen LogP contribution in [0.1, 0.15) is 35.0 Å². The van der Waals surface area contributed by atoms with Gasteiger partial charge in [-0.1, -0.05) is 24.3 Å². The summed E-state index contributed by atoms with van der Waals surface area (Å²) in [6.45, 7) is 11.1. The van der Waals surface area contributed by atoms with Crippen LogP contribution in [0.25, 0.3) is 0 Å². The summed E-state index contributed by atoms with van der Waals surface area (Å²) in [4.78, 5) is 17.2. The Balaban J connectivity index is 1.27. The summed E-state index contributed by atoms with van der Waals surface area (Å²) in [5.74, 6) is 0. The van der Waals surface area contributed by atoms with Gasteiger partial charge in [-0.3, -0.25) is 9.58 Å². The molecule has 150 valence electrons. The number of aromatic nitrogens is 2. The molecule has 0 saturated carbocycles. The predicted molar refractivity (Wildman–Crippen MR) is 110 cm³/mol. The molecule has 1 aliphatic heterocycles. The Bertz CT molecular complexity index is 826. The molecule has 1 aromatic heterocycles. The van der Waals surface area contributed by atoms with Crippen molar-refractivity contribution in [3.63, 3.8) is 0 Å². The van der Waals surface area contributed by atoms with Crippen LogP contribution in [-0.2, 0) is 25.9 Å². The second-order valence-corrected chi connectivity index (χ2v) is 7.98. The van der Waals surface area contributed by atoms with Gasteiger partial charge in [-0.05, 0) is 44.7 Å². The van der Waals surface area contributed by atoms with Crippen LogP contribution < -0.4 is 5.32 Å². The van der Waals surface area contributed by atoms with E-state index in [2.05, 4.69) is 53.4 Å². The zero-order valence-electron chi connectivity index (χ0n) is 17.2. The van der Waals surface area contributed by atoms with E-state index in [-0.39, 0.29) is 6.03 Å². The summed E-state index contributed by atoms with van der Waals surface area (Å²) >= 11 is 0. The minimum absolute atomic E-state index is 0.0393. The number of urea groups is 1. The number of nitrogens with zero attached hydrogens (tertiary/aromatic N) is 4. The van der Waals surface area contributed by atoms with E-state index in [0.29, 0.717) is 12.6 Å². The first-order chi connectivity index (χ1) is 13.6. The maximum Gasteiger partial charge on any atom is 0.317 e. The van der Waals surface area contributed by atoms with E-state index >= 15 is 0 Å². The van der Waals surface area contributed by atoms with Crippen LogP contribution in [0.4, 0.5) is 4.79 Å². The van der Waals surface area contributed by atoms with Gasteiger partial charge in [0, 0.05) is 56.6 Å². The standard InChI is InChI=1S/C22H31N5O/c1-4-27-17(3)21(16(2)24-27)15-23-22(28)26-11-9-25(10-12-26)20-13-18-7-5-6-8-19(18)14-20/h5-8,20H,4,9-15H2,1-3H3,(H,23,28). The molecule has 0 unspecified atom stereocenters. The van der Waals surface area contributed by atoms with E-state index in [4.69, 9.17) is 0 Å². The lowest BCUT2D eigenvalue weighted by Crippen LogP contribution is -2.54. The van der Waals surface area contributed by atoms with Gasteiger partial charge in [0.1, 0.15) is 0 Å². The molecular formula is C22H31N5O. The number of nitrogens with one attached hydrogen (secondary N) is 1. The minimum atomic E-state index is 0.0393. The van der Waals surface area contributed by atoms with Crippen LogP contribution in [0.15, 0.2) is 24.3 Å². The van der Waals surface area contributed by atoms with Crippen LogP contribution in [0.5, 0.6) is 0 Å². The molecule has 6 heteroatoms. The van der Waals surface area contributed by atoms with Crippen molar-refractivity contribution >= 4 is 6.03 Å². The number of benzene rings is 1. The molecule has 0 spiro atoms. The molecular weight excluding hydrogens is 350 g/mol. The Hall–Kier alpha value is -2.34. The van der Waals surface area contributed by atoms with Crippen molar-refractivity contribution in [2.45, 2.75) is 52.7 Å². The Morgan fingerprint density at radius 3 is 2.32 bits per heavy atom. The van der Waals surface area contributed by atoms with Crippen molar-refractivity contribution in [2.24, 2.45) is 0 Å². The van der Waals surface area contributed by atoms with Crippen LogP contribution in [0, 0.1) is 13.8 Å². The molecule has 4 rings (SSSR count). The number of piperazine rings is 1. The second-order valence-electron chi connectivity index (χ2n) is 7.98. The lowest BCUT2D eigenvalue weighted by atomic mass is 10.1. The van der Waals surface area contributed by atoms with Gasteiger partial charge in [-0.15, -0.1) is 0 Å². The zero-order valence-corrected chi connectivity index (χ0v) is 17.2. The van der Waals surface area contributed by atoms with Crippen LogP contribution in [-0.4, -0.2) is 57.8 Å². The lowest BCUT2D eigenvalue weighted by Gasteiger charge is -2.38. The summed E-state index contributed by atoms with van der Waals surface area (Å²) < 4.78 is 2.00. The molecule has 2 amide bonds. The molecule has 0 radical (unpaired) electrons. The minimum Gasteiger partial charge on any atom is -0.334 e. The fourth-order valence-electron chi connectivity index (χ4n) is 4.66. The number of hydrogen-bond acceptors (Lipinski definition) is 3. The molecule has 2 heterocycles. The maximum absolute atomic E-state index is 12.6. The number of rotatable bonds is 4. The summed E-state index contributed by atoms with van der Waals surface area (Å²) in [5.41, 5.74) is 6.27. The average Bonchev–Trinajstić information content (AvgIpc) is 3.27. The van der Waals surface area contributed by atoms with Crippen molar-refractivity contribution in [2.75, 3.05) is 26.2 Å². The number of amides is 2. The molecule has 1 N–H and O–H groups in total. The largest absolute Gasteiger partial charge is 0.334 e. The average molecular weight is 382 g/mol. The molecule has 0 atom stereocenters. The van der Waals surface area contributed by atoms with Gasteiger partial charge in [-0.25, -0.2) is 4.79 Å².